The Hall–Kier alpha value is -2.50. The van der Waals surface area contributed by atoms with Gasteiger partial charge in [-0.1, -0.05) is 12.1 Å². The molecule has 2 N–H and O–H groups in total. The first kappa shape index (κ1) is 14.9. The number of nitrogen functional groups attached to an aromatic ring is 1. The Morgan fingerprint density at radius 1 is 1.19 bits per heavy atom. The van der Waals surface area contributed by atoms with Gasteiger partial charge in [0.25, 0.3) is 5.56 Å². The molecule has 0 fully saturated rings. The molecular weight excluding hydrogens is 270 g/mol. The van der Waals surface area contributed by atoms with Crippen molar-refractivity contribution in [1.82, 2.24) is 9.13 Å². The zero-order chi connectivity index (χ0) is 15.4. The molecule has 0 aliphatic heterocycles. The van der Waals surface area contributed by atoms with Crippen LogP contribution < -0.4 is 21.7 Å². The third-order valence-corrected chi connectivity index (χ3v) is 3.39. The fourth-order valence-corrected chi connectivity index (χ4v) is 2.13. The summed E-state index contributed by atoms with van der Waals surface area (Å²) < 4.78 is 7.71. The van der Waals surface area contributed by atoms with Gasteiger partial charge >= 0.3 is 5.69 Å². The van der Waals surface area contributed by atoms with Crippen LogP contribution in [0.25, 0.3) is 0 Å². The van der Waals surface area contributed by atoms with Crippen LogP contribution in [-0.4, -0.2) is 16.2 Å². The molecule has 0 amide bonds. The Bertz CT molecular complexity index is 729. The number of hydrogen-bond acceptors (Lipinski definition) is 4. The smallest absolute Gasteiger partial charge is 0.331 e. The van der Waals surface area contributed by atoms with Gasteiger partial charge in [-0.3, -0.25) is 13.9 Å². The lowest BCUT2D eigenvalue weighted by atomic mass is 10.1. The number of nitrogens with zero attached hydrogens (tertiary/aromatic N) is 2. The SMILES string of the molecule is CCn1cc(N)c(=O)n(CCc2ccc(OC)cc2)c1=O. The van der Waals surface area contributed by atoms with Crippen molar-refractivity contribution in [1.29, 1.82) is 0 Å². The minimum atomic E-state index is -0.432. The van der Waals surface area contributed by atoms with Crippen molar-refractivity contribution in [3.63, 3.8) is 0 Å². The van der Waals surface area contributed by atoms with Crippen LogP contribution >= 0.6 is 0 Å². The summed E-state index contributed by atoms with van der Waals surface area (Å²) in [6.07, 6.45) is 1.97. The van der Waals surface area contributed by atoms with Crippen molar-refractivity contribution in [3.8, 4) is 5.75 Å². The summed E-state index contributed by atoms with van der Waals surface area (Å²) in [6.45, 7) is 2.61. The molecule has 21 heavy (non-hydrogen) atoms. The molecule has 112 valence electrons. The first-order chi connectivity index (χ1) is 10.1. The van der Waals surface area contributed by atoms with Crippen LogP contribution in [-0.2, 0) is 19.5 Å². The highest BCUT2D eigenvalue weighted by Crippen LogP contribution is 2.11. The Morgan fingerprint density at radius 2 is 1.86 bits per heavy atom. The molecule has 0 spiro atoms. The molecule has 2 aromatic rings. The topological polar surface area (TPSA) is 79.2 Å². The molecule has 0 saturated heterocycles. The fourth-order valence-electron chi connectivity index (χ4n) is 2.13. The predicted molar refractivity (Wildman–Crippen MR) is 81.7 cm³/mol. The number of anilines is 1. The van der Waals surface area contributed by atoms with E-state index < -0.39 is 5.56 Å². The van der Waals surface area contributed by atoms with Crippen LogP contribution in [0, 0.1) is 0 Å². The number of aromatic nitrogens is 2. The van der Waals surface area contributed by atoms with Crippen LogP contribution in [0.3, 0.4) is 0 Å². The molecule has 0 saturated carbocycles. The molecule has 1 aromatic heterocycles. The fraction of sp³-hybridized carbons (Fsp3) is 0.333. The molecule has 0 aliphatic rings. The first-order valence-electron chi connectivity index (χ1n) is 6.79. The summed E-state index contributed by atoms with van der Waals surface area (Å²) in [7, 11) is 1.61. The maximum atomic E-state index is 12.1. The van der Waals surface area contributed by atoms with Crippen LogP contribution in [0.1, 0.15) is 12.5 Å². The number of benzene rings is 1. The molecule has 0 radical (unpaired) electrons. The summed E-state index contributed by atoms with van der Waals surface area (Å²) in [5, 5.41) is 0. The van der Waals surface area contributed by atoms with E-state index in [1.54, 1.807) is 7.11 Å². The van der Waals surface area contributed by atoms with E-state index in [2.05, 4.69) is 0 Å². The van der Waals surface area contributed by atoms with Gasteiger partial charge in [0.2, 0.25) is 0 Å². The maximum absolute atomic E-state index is 12.1. The van der Waals surface area contributed by atoms with E-state index in [1.165, 1.54) is 15.3 Å². The number of ether oxygens (including phenoxy) is 1. The van der Waals surface area contributed by atoms with Gasteiger partial charge < -0.3 is 10.5 Å². The average molecular weight is 289 g/mol. The third kappa shape index (κ3) is 3.16. The van der Waals surface area contributed by atoms with Crippen molar-refractivity contribution < 1.29 is 4.74 Å². The minimum absolute atomic E-state index is 0.0891. The zero-order valence-electron chi connectivity index (χ0n) is 12.2. The van der Waals surface area contributed by atoms with Gasteiger partial charge in [0.05, 0.1) is 7.11 Å². The molecule has 0 unspecified atom stereocenters. The second-order valence-electron chi connectivity index (χ2n) is 4.71. The van der Waals surface area contributed by atoms with E-state index in [9.17, 15) is 9.59 Å². The lowest BCUT2D eigenvalue weighted by molar-refractivity contribution is 0.414. The Kier molecular flexibility index (Phi) is 4.47. The van der Waals surface area contributed by atoms with Crippen molar-refractivity contribution in [2.45, 2.75) is 26.4 Å². The van der Waals surface area contributed by atoms with Crippen LogP contribution in [0.2, 0.25) is 0 Å². The second-order valence-corrected chi connectivity index (χ2v) is 4.71. The highest BCUT2D eigenvalue weighted by atomic mass is 16.5. The van der Waals surface area contributed by atoms with Crippen LogP contribution in [0.5, 0.6) is 5.75 Å². The summed E-state index contributed by atoms with van der Waals surface area (Å²) in [5.41, 5.74) is 6.01. The van der Waals surface area contributed by atoms with E-state index in [0.29, 0.717) is 19.5 Å². The van der Waals surface area contributed by atoms with Crippen molar-refractivity contribution in [2.75, 3.05) is 12.8 Å². The van der Waals surface area contributed by atoms with Gasteiger partial charge in [0.1, 0.15) is 11.4 Å². The number of hydrogen-bond donors (Lipinski definition) is 1. The van der Waals surface area contributed by atoms with E-state index in [0.717, 1.165) is 11.3 Å². The zero-order valence-corrected chi connectivity index (χ0v) is 12.2. The van der Waals surface area contributed by atoms with Gasteiger partial charge in [-0.2, -0.15) is 0 Å². The van der Waals surface area contributed by atoms with E-state index >= 15 is 0 Å². The molecule has 0 atom stereocenters. The van der Waals surface area contributed by atoms with E-state index in [-0.39, 0.29) is 11.4 Å². The summed E-state index contributed by atoms with van der Waals surface area (Å²) in [6, 6.07) is 7.52. The summed E-state index contributed by atoms with van der Waals surface area (Å²) in [4.78, 5) is 24.1. The molecule has 2 rings (SSSR count). The predicted octanol–water partition coefficient (Wildman–Crippen LogP) is 0.863. The first-order valence-corrected chi connectivity index (χ1v) is 6.79. The van der Waals surface area contributed by atoms with Gasteiger partial charge in [0, 0.05) is 19.3 Å². The number of methoxy groups -OCH3 is 1. The lowest BCUT2D eigenvalue weighted by Gasteiger charge is -2.10. The van der Waals surface area contributed by atoms with Gasteiger partial charge in [-0.25, -0.2) is 4.79 Å². The Balaban J connectivity index is 2.25. The van der Waals surface area contributed by atoms with E-state index in [1.807, 2.05) is 31.2 Å². The number of nitrogens with two attached hydrogens (primary N) is 1. The van der Waals surface area contributed by atoms with Crippen LogP contribution in [0.15, 0.2) is 40.1 Å². The van der Waals surface area contributed by atoms with Gasteiger partial charge in [-0.05, 0) is 31.0 Å². The third-order valence-electron chi connectivity index (χ3n) is 3.39. The molecule has 6 nitrogen and oxygen atoms in total. The van der Waals surface area contributed by atoms with Crippen molar-refractivity contribution in [2.24, 2.45) is 0 Å². The number of aryl methyl sites for hydroxylation is 2. The molecule has 1 heterocycles. The quantitative estimate of drug-likeness (QED) is 0.885. The highest BCUT2D eigenvalue weighted by molar-refractivity contribution is 5.31. The summed E-state index contributed by atoms with van der Waals surface area (Å²) in [5.74, 6) is 0.771. The van der Waals surface area contributed by atoms with Crippen LogP contribution in [0.4, 0.5) is 5.69 Å². The molecule has 1 aromatic carbocycles. The van der Waals surface area contributed by atoms with Gasteiger partial charge in [0.15, 0.2) is 0 Å². The average Bonchev–Trinajstić information content (AvgIpc) is 2.51. The Morgan fingerprint density at radius 3 is 2.43 bits per heavy atom. The highest BCUT2D eigenvalue weighted by Gasteiger charge is 2.08. The second kappa shape index (κ2) is 6.30. The minimum Gasteiger partial charge on any atom is -0.497 e. The molecule has 0 aliphatic carbocycles. The Labute approximate surface area is 122 Å². The monoisotopic (exact) mass is 289 g/mol. The largest absolute Gasteiger partial charge is 0.497 e. The normalized spacial score (nSPS) is 10.6. The molecule has 0 bridgehead atoms. The molecule has 6 heteroatoms. The van der Waals surface area contributed by atoms with E-state index in [4.69, 9.17) is 10.5 Å². The molecular formula is C15H19N3O3. The van der Waals surface area contributed by atoms with Crippen molar-refractivity contribution >= 4 is 5.69 Å². The lowest BCUT2D eigenvalue weighted by Crippen LogP contribution is -2.40. The number of rotatable bonds is 5. The summed E-state index contributed by atoms with van der Waals surface area (Å²) >= 11 is 0. The maximum Gasteiger partial charge on any atom is 0.331 e. The van der Waals surface area contributed by atoms with Crippen molar-refractivity contribution in [3.05, 3.63) is 56.9 Å². The van der Waals surface area contributed by atoms with Gasteiger partial charge in [-0.15, -0.1) is 0 Å². The standard InChI is InChI=1S/C15H19N3O3/c1-3-17-10-13(16)14(19)18(15(17)20)9-8-11-4-6-12(21-2)7-5-11/h4-7,10H,3,8-9,16H2,1-2H3.